The predicted octanol–water partition coefficient (Wildman–Crippen LogP) is 3.57. The highest BCUT2D eigenvalue weighted by molar-refractivity contribution is 8.14. The van der Waals surface area contributed by atoms with E-state index in [1.54, 1.807) is 0 Å². The third kappa shape index (κ3) is 5.30. The van der Waals surface area contributed by atoms with E-state index in [0.717, 1.165) is 24.0 Å². The second-order valence-corrected chi connectivity index (χ2v) is 10.4. The number of hydrazine groups is 1. The number of carbonyl (C=O) groups excluding carboxylic acids is 2. The molecule has 1 amide bonds. The van der Waals surface area contributed by atoms with Crippen molar-refractivity contribution in [1.82, 2.24) is 26.0 Å². The van der Waals surface area contributed by atoms with Crippen molar-refractivity contribution >= 4 is 57.5 Å². The predicted molar refractivity (Wildman–Crippen MR) is 145 cm³/mol. The molecule has 0 radical (unpaired) electrons. The van der Waals surface area contributed by atoms with E-state index >= 15 is 0 Å². The molecule has 1 saturated heterocycles. The first-order valence-corrected chi connectivity index (χ1v) is 13.2. The van der Waals surface area contributed by atoms with Gasteiger partial charge in [0.15, 0.2) is 10.9 Å². The highest BCUT2D eigenvalue weighted by Gasteiger charge is 2.27. The molecule has 3 aromatic rings. The Hall–Kier alpha value is -3.21. The Morgan fingerprint density at radius 1 is 1.08 bits per heavy atom. The Kier molecular flexibility index (Phi) is 7.35. The van der Waals surface area contributed by atoms with Crippen LogP contribution >= 0.6 is 35.6 Å². The second kappa shape index (κ2) is 10.8. The van der Waals surface area contributed by atoms with Crippen LogP contribution in [0.2, 0.25) is 5.02 Å². The summed E-state index contributed by atoms with van der Waals surface area (Å²) in [4.78, 5) is 32.8. The molecule has 8 nitrogen and oxygen atoms in total. The van der Waals surface area contributed by atoms with E-state index < -0.39 is 6.04 Å². The number of fused-ring (bicyclic) bond motifs is 2. The normalized spacial score (nSPS) is 18.4. The lowest BCUT2D eigenvalue weighted by atomic mass is 9.96. The number of amides is 1. The van der Waals surface area contributed by atoms with E-state index in [-0.39, 0.29) is 27.7 Å². The van der Waals surface area contributed by atoms with Crippen LogP contribution in [0.1, 0.15) is 45.1 Å². The van der Waals surface area contributed by atoms with Crippen molar-refractivity contribution in [3.63, 3.8) is 0 Å². The van der Waals surface area contributed by atoms with Crippen LogP contribution in [0.4, 0.5) is 5.82 Å². The second-order valence-electron chi connectivity index (χ2n) is 8.47. The number of hydrogen-bond acceptors (Lipinski definition) is 7. The number of aromatic nitrogens is 2. The molecule has 1 fully saturated rings. The van der Waals surface area contributed by atoms with Gasteiger partial charge >= 0.3 is 0 Å². The molecule has 36 heavy (non-hydrogen) atoms. The quantitative estimate of drug-likeness (QED) is 0.286. The Labute approximate surface area is 223 Å². The van der Waals surface area contributed by atoms with Gasteiger partial charge in [-0.05, 0) is 60.3 Å². The van der Waals surface area contributed by atoms with Crippen molar-refractivity contribution in [2.45, 2.75) is 31.3 Å². The van der Waals surface area contributed by atoms with Gasteiger partial charge in [-0.2, -0.15) is 0 Å². The number of pyridine rings is 2. The van der Waals surface area contributed by atoms with Crippen LogP contribution < -0.4 is 21.5 Å². The number of anilines is 1. The van der Waals surface area contributed by atoms with Gasteiger partial charge in [0.05, 0.1) is 22.7 Å². The zero-order valence-corrected chi connectivity index (χ0v) is 21.5. The van der Waals surface area contributed by atoms with E-state index in [1.807, 2.05) is 30.6 Å². The fourth-order valence-electron chi connectivity index (χ4n) is 4.36. The molecular formula is C25H23ClN6O2S2. The molecular weight excluding hydrogens is 516 g/mol. The maximum Gasteiger partial charge on any atom is 0.253 e. The molecule has 1 aliphatic heterocycles. The van der Waals surface area contributed by atoms with Gasteiger partial charge in [0, 0.05) is 29.9 Å². The van der Waals surface area contributed by atoms with Crippen LogP contribution in [0, 0.1) is 0 Å². The number of aryl methyl sites for hydroxylation is 2. The fraction of sp³-hybridized carbons (Fsp3) is 0.240. The summed E-state index contributed by atoms with van der Waals surface area (Å²) < 4.78 is 0. The zero-order valence-electron chi connectivity index (χ0n) is 19.1. The van der Waals surface area contributed by atoms with Gasteiger partial charge in [-0.3, -0.25) is 25.4 Å². The lowest BCUT2D eigenvalue weighted by Gasteiger charge is -2.23. The number of thioether (sulfide) groups is 1. The number of benzene rings is 1. The Morgan fingerprint density at radius 2 is 1.89 bits per heavy atom. The molecule has 0 bridgehead atoms. The van der Waals surface area contributed by atoms with Crippen LogP contribution in [0.15, 0.2) is 55.0 Å². The van der Waals surface area contributed by atoms with E-state index in [1.165, 1.54) is 35.2 Å². The Balaban J connectivity index is 1.25. The van der Waals surface area contributed by atoms with E-state index in [9.17, 15) is 9.59 Å². The van der Waals surface area contributed by atoms with Crippen molar-refractivity contribution in [2.75, 3.05) is 11.2 Å². The minimum absolute atomic E-state index is 0.0272. The van der Waals surface area contributed by atoms with Crippen LogP contribution in [0.25, 0.3) is 0 Å². The summed E-state index contributed by atoms with van der Waals surface area (Å²) in [6.45, 7) is 0. The minimum atomic E-state index is -0.473. The Bertz CT molecular complexity index is 1290. The first-order chi connectivity index (χ1) is 17.5. The largest absolute Gasteiger partial charge is 0.350 e. The number of halogens is 1. The number of hydrogen-bond donors (Lipinski definition) is 4. The molecule has 0 saturated carbocycles. The van der Waals surface area contributed by atoms with E-state index in [0.29, 0.717) is 23.1 Å². The van der Waals surface area contributed by atoms with Gasteiger partial charge in [-0.25, -0.2) is 4.98 Å². The van der Waals surface area contributed by atoms with Gasteiger partial charge in [0.25, 0.3) is 5.91 Å². The maximum atomic E-state index is 12.5. The van der Waals surface area contributed by atoms with E-state index in [4.69, 9.17) is 23.8 Å². The fourth-order valence-corrected chi connectivity index (χ4v) is 5.68. The minimum Gasteiger partial charge on any atom is -0.350 e. The molecule has 1 unspecified atom stereocenters. The smallest absolute Gasteiger partial charge is 0.253 e. The molecule has 5 rings (SSSR count). The molecule has 184 valence electrons. The number of nitrogens with zero attached hydrogens (tertiary/aromatic N) is 2. The van der Waals surface area contributed by atoms with Gasteiger partial charge in [0.2, 0.25) is 5.12 Å². The maximum absolute atomic E-state index is 12.5. The summed E-state index contributed by atoms with van der Waals surface area (Å²) in [5.74, 6) is 0.634. The van der Waals surface area contributed by atoms with Gasteiger partial charge in [0.1, 0.15) is 0 Å². The van der Waals surface area contributed by atoms with Gasteiger partial charge < -0.3 is 10.6 Å². The summed E-state index contributed by atoms with van der Waals surface area (Å²) in [6.07, 6.45) is 7.58. The summed E-state index contributed by atoms with van der Waals surface area (Å²) >= 11 is 13.2. The topological polar surface area (TPSA) is 108 Å². The number of carbonyl (C=O) groups is 2. The highest BCUT2D eigenvalue weighted by atomic mass is 35.5. The third-order valence-electron chi connectivity index (χ3n) is 6.20. The highest BCUT2D eigenvalue weighted by Crippen LogP contribution is 2.32. The molecule has 0 spiro atoms. The van der Waals surface area contributed by atoms with E-state index in [2.05, 4.69) is 43.6 Å². The van der Waals surface area contributed by atoms with Crippen molar-refractivity contribution < 1.29 is 9.59 Å². The number of rotatable bonds is 5. The first-order valence-electron chi connectivity index (χ1n) is 11.5. The standard InChI is InChI=1S/C25H23ClN6O2S2/c26-19-11-16(23(33)29-20-8-10-36-24(20)34)12-28-22(19)31-32-25(35)30-21-17-4-2-1-3-14(17)5-6-15-7-9-27-13-18(15)21/h1-4,7,9,11-13,20-21H,5-6,8,10H2,(H,28,31)(H,29,33)(H2,30,32,35)/t20-,21?/m1/s1. The molecule has 2 aliphatic rings. The Morgan fingerprint density at radius 3 is 2.67 bits per heavy atom. The van der Waals surface area contributed by atoms with Crippen molar-refractivity contribution in [3.05, 3.63) is 87.8 Å². The van der Waals surface area contributed by atoms with Crippen LogP contribution in [-0.4, -0.2) is 37.9 Å². The molecule has 4 N–H and O–H groups in total. The number of nitrogens with one attached hydrogen (secondary N) is 4. The molecule has 1 aliphatic carbocycles. The monoisotopic (exact) mass is 538 g/mol. The summed E-state index contributed by atoms with van der Waals surface area (Å²) in [6, 6.07) is 11.2. The van der Waals surface area contributed by atoms with Crippen LogP contribution in [0.5, 0.6) is 0 Å². The molecule has 11 heteroatoms. The molecule has 2 atom stereocenters. The molecule has 3 heterocycles. The summed E-state index contributed by atoms with van der Waals surface area (Å²) in [7, 11) is 0. The average Bonchev–Trinajstić information content (AvgIpc) is 3.22. The lowest BCUT2D eigenvalue weighted by molar-refractivity contribution is -0.112. The van der Waals surface area contributed by atoms with Crippen LogP contribution in [0.3, 0.4) is 0 Å². The van der Waals surface area contributed by atoms with Crippen molar-refractivity contribution in [1.29, 1.82) is 0 Å². The third-order valence-corrected chi connectivity index (χ3v) is 7.72. The zero-order chi connectivity index (χ0) is 25.1. The number of thiocarbonyl (C=S) groups is 1. The van der Waals surface area contributed by atoms with Gasteiger partial charge in [-0.1, -0.05) is 47.6 Å². The van der Waals surface area contributed by atoms with Crippen molar-refractivity contribution in [2.24, 2.45) is 0 Å². The molecule has 1 aromatic carbocycles. The van der Waals surface area contributed by atoms with Crippen LogP contribution in [-0.2, 0) is 17.6 Å². The van der Waals surface area contributed by atoms with Crippen molar-refractivity contribution in [3.8, 4) is 0 Å². The lowest BCUT2D eigenvalue weighted by Crippen LogP contribution is -2.41. The SMILES string of the molecule is O=C(N[C@@H]1CCSC1=O)c1cnc(NNC(=S)NC2c3ccccc3CCc3ccncc32)c(Cl)c1. The summed E-state index contributed by atoms with van der Waals surface area (Å²) in [5, 5.41) is 6.67. The molecule has 2 aromatic heterocycles. The first kappa shape index (κ1) is 24.5. The summed E-state index contributed by atoms with van der Waals surface area (Å²) in [5.41, 5.74) is 10.8. The average molecular weight is 539 g/mol. The van der Waals surface area contributed by atoms with Gasteiger partial charge in [-0.15, -0.1) is 0 Å².